The highest BCUT2D eigenvalue weighted by Gasteiger charge is 2.10. The third-order valence-corrected chi connectivity index (χ3v) is 3.41. The molecule has 1 N–H and O–H groups in total. The molecule has 0 spiro atoms. The first-order chi connectivity index (χ1) is 12.0. The molecular weight excluding hydrogens is 346 g/mol. The summed E-state index contributed by atoms with van der Waals surface area (Å²) < 4.78 is 5.47. The largest absolute Gasteiger partial charge is 0.492 e. The lowest BCUT2D eigenvalue weighted by Gasteiger charge is -2.06. The quantitative estimate of drug-likeness (QED) is 0.461. The zero-order valence-corrected chi connectivity index (χ0v) is 14.2. The highest BCUT2D eigenvalue weighted by atomic mass is 35.5. The van der Waals surface area contributed by atoms with Crippen LogP contribution in [0.3, 0.4) is 0 Å². The summed E-state index contributed by atoms with van der Waals surface area (Å²) in [4.78, 5) is 22.1. The van der Waals surface area contributed by atoms with Crippen molar-refractivity contribution >= 4 is 29.4 Å². The molecule has 2 aromatic rings. The third kappa shape index (κ3) is 5.29. The lowest BCUT2D eigenvalue weighted by molar-refractivity contribution is -0.384. The van der Waals surface area contributed by atoms with Crippen LogP contribution in [0.1, 0.15) is 29.3 Å². The number of benzene rings is 2. The van der Waals surface area contributed by atoms with Gasteiger partial charge in [-0.15, -0.1) is 0 Å². The van der Waals surface area contributed by atoms with Gasteiger partial charge in [-0.25, -0.2) is 5.43 Å². The van der Waals surface area contributed by atoms with E-state index in [4.69, 9.17) is 16.3 Å². The van der Waals surface area contributed by atoms with Crippen LogP contribution in [0.15, 0.2) is 47.6 Å². The maximum Gasteiger partial charge on any atom is 0.271 e. The van der Waals surface area contributed by atoms with E-state index in [1.807, 2.05) is 6.92 Å². The molecule has 25 heavy (non-hydrogen) atoms. The molecular formula is C17H16ClN3O4. The summed E-state index contributed by atoms with van der Waals surface area (Å²) in [7, 11) is 0. The van der Waals surface area contributed by atoms with Crippen LogP contribution in [0.5, 0.6) is 5.75 Å². The number of ether oxygens (including phenoxy) is 1. The van der Waals surface area contributed by atoms with E-state index < -0.39 is 10.8 Å². The Hall–Kier alpha value is -2.93. The van der Waals surface area contributed by atoms with Gasteiger partial charge in [0.2, 0.25) is 0 Å². The standard InChI is InChI=1S/C17H16ClN3O4/c1-2-8-25-16-7-6-12(9-15(16)18)11-19-20-17(22)13-4-3-5-14(10-13)21(23)24/h3-7,9-11H,2,8H2,1H3,(H,20,22)/b19-11+. The van der Waals surface area contributed by atoms with Gasteiger partial charge >= 0.3 is 0 Å². The molecule has 0 aromatic heterocycles. The molecule has 0 aliphatic rings. The molecule has 0 radical (unpaired) electrons. The Balaban J connectivity index is 2.00. The van der Waals surface area contributed by atoms with Crippen molar-refractivity contribution in [2.24, 2.45) is 5.10 Å². The van der Waals surface area contributed by atoms with E-state index in [-0.39, 0.29) is 11.3 Å². The van der Waals surface area contributed by atoms with E-state index in [0.29, 0.717) is 22.9 Å². The minimum Gasteiger partial charge on any atom is -0.492 e. The lowest BCUT2D eigenvalue weighted by atomic mass is 10.2. The average molecular weight is 362 g/mol. The molecule has 7 nitrogen and oxygen atoms in total. The van der Waals surface area contributed by atoms with Crippen molar-refractivity contribution in [3.63, 3.8) is 0 Å². The van der Waals surface area contributed by atoms with Crippen LogP contribution >= 0.6 is 11.6 Å². The fraction of sp³-hybridized carbons (Fsp3) is 0.176. The van der Waals surface area contributed by atoms with Gasteiger partial charge in [-0.1, -0.05) is 24.6 Å². The summed E-state index contributed by atoms with van der Waals surface area (Å²) in [6.45, 7) is 2.57. The Morgan fingerprint density at radius 3 is 2.84 bits per heavy atom. The van der Waals surface area contributed by atoms with Crippen LogP contribution < -0.4 is 10.2 Å². The van der Waals surface area contributed by atoms with Crippen LogP contribution in [-0.4, -0.2) is 23.7 Å². The number of rotatable bonds is 7. The second-order valence-corrected chi connectivity index (χ2v) is 5.45. The molecule has 8 heteroatoms. The number of amides is 1. The van der Waals surface area contributed by atoms with Gasteiger partial charge in [0.05, 0.1) is 22.8 Å². The summed E-state index contributed by atoms with van der Waals surface area (Å²) in [5.41, 5.74) is 2.97. The summed E-state index contributed by atoms with van der Waals surface area (Å²) in [6, 6.07) is 10.5. The first-order valence-electron chi connectivity index (χ1n) is 7.51. The van der Waals surface area contributed by atoms with E-state index in [0.717, 1.165) is 6.42 Å². The molecule has 0 aliphatic carbocycles. The topological polar surface area (TPSA) is 93.8 Å². The molecule has 0 heterocycles. The molecule has 130 valence electrons. The van der Waals surface area contributed by atoms with Gasteiger partial charge in [0, 0.05) is 17.7 Å². The fourth-order valence-corrected chi connectivity index (χ4v) is 2.16. The number of nitro groups is 1. The molecule has 2 aromatic carbocycles. The Kier molecular flexibility index (Phi) is 6.47. The van der Waals surface area contributed by atoms with Gasteiger partial charge in [-0.2, -0.15) is 5.10 Å². The number of carbonyl (C=O) groups is 1. The van der Waals surface area contributed by atoms with Crippen molar-refractivity contribution < 1.29 is 14.5 Å². The Labute approximate surface area is 149 Å². The normalized spacial score (nSPS) is 10.6. The van der Waals surface area contributed by atoms with Crippen molar-refractivity contribution in [2.75, 3.05) is 6.61 Å². The molecule has 0 saturated carbocycles. The first-order valence-corrected chi connectivity index (χ1v) is 7.89. The number of hydrogen-bond acceptors (Lipinski definition) is 5. The number of nitrogens with one attached hydrogen (secondary N) is 1. The minimum atomic E-state index is -0.565. The highest BCUT2D eigenvalue weighted by molar-refractivity contribution is 6.32. The second-order valence-electron chi connectivity index (χ2n) is 5.04. The summed E-state index contributed by atoms with van der Waals surface area (Å²) in [6.07, 6.45) is 2.30. The van der Waals surface area contributed by atoms with Crippen molar-refractivity contribution in [1.82, 2.24) is 5.43 Å². The third-order valence-electron chi connectivity index (χ3n) is 3.12. The van der Waals surface area contributed by atoms with Crippen LogP contribution in [-0.2, 0) is 0 Å². The van der Waals surface area contributed by atoms with E-state index in [9.17, 15) is 14.9 Å². The van der Waals surface area contributed by atoms with Crippen molar-refractivity contribution in [3.05, 3.63) is 68.7 Å². The Morgan fingerprint density at radius 1 is 1.36 bits per heavy atom. The predicted molar refractivity (Wildman–Crippen MR) is 95.4 cm³/mol. The molecule has 0 atom stereocenters. The predicted octanol–water partition coefficient (Wildman–Crippen LogP) is 3.80. The van der Waals surface area contributed by atoms with Gasteiger partial charge in [0.25, 0.3) is 11.6 Å². The average Bonchev–Trinajstić information content (AvgIpc) is 2.61. The molecule has 2 rings (SSSR count). The van der Waals surface area contributed by atoms with E-state index in [1.165, 1.54) is 30.5 Å². The Bertz CT molecular complexity index is 808. The molecule has 1 amide bonds. The number of hydrazone groups is 1. The van der Waals surface area contributed by atoms with Crippen LogP contribution in [0, 0.1) is 10.1 Å². The van der Waals surface area contributed by atoms with E-state index in [1.54, 1.807) is 18.2 Å². The number of halogens is 1. The molecule has 0 unspecified atom stereocenters. The smallest absolute Gasteiger partial charge is 0.271 e. The van der Waals surface area contributed by atoms with E-state index >= 15 is 0 Å². The molecule has 0 aliphatic heterocycles. The number of nitro benzene ring substituents is 1. The number of nitrogens with zero attached hydrogens (tertiary/aromatic N) is 2. The number of carbonyl (C=O) groups excluding carboxylic acids is 1. The van der Waals surface area contributed by atoms with Gasteiger partial charge in [0.1, 0.15) is 5.75 Å². The van der Waals surface area contributed by atoms with Crippen molar-refractivity contribution in [1.29, 1.82) is 0 Å². The zero-order valence-electron chi connectivity index (χ0n) is 13.4. The highest BCUT2D eigenvalue weighted by Crippen LogP contribution is 2.25. The lowest BCUT2D eigenvalue weighted by Crippen LogP contribution is -2.17. The summed E-state index contributed by atoms with van der Waals surface area (Å²) in [5, 5.41) is 15.0. The Morgan fingerprint density at radius 2 is 2.16 bits per heavy atom. The van der Waals surface area contributed by atoms with Gasteiger partial charge in [-0.3, -0.25) is 14.9 Å². The SMILES string of the molecule is CCCOc1ccc(/C=N/NC(=O)c2cccc([N+](=O)[O-])c2)cc1Cl. The van der Waals surface area contributed by atoms with Crippen molar-refractivity contribution in [3.8, 4) is 5.75 Å². The van der Waals surface area contributed by atoms with Gasteiger partial charge in [-0.05, 0) is 36.2 Å². The van der Waals surface area contributed by atoms with E-state index in [2.05, 4.69) is 10.5 Å². The van der Waals surface area contributed by atoms with Crippen LogP contribution in [0.25, 0.3) is 0 Å². The maximum atomic E-state index is 12.0. The summed E-state index contributed by atoms with van der Waals surface area (Å²) >= 11 is 6.11. The van der Waals surface area contributed by atoms with Gasteiger partial charge in [0.15, 0.2) is 0 Å². The first kappa shape index (κ1) is 18.4. The molecule has 0 bridgehead atoms. The molecule has 0 saturated heterocycles. The second kappa shape index (κ2) is 8.79. The monoisotopic (exact) mass is 361 g/mol. The minimum absolute atomic E-state index is 0.146. The molecule has 0 fully saturated rings. The van der Waals surface area contributed by atoms with Crippen LogP contribution in [0.4, 0.5) is 5.69 Å². The van der Waals surface area contributed by atoms with Gasteiger partial charge < -0.3 is 4.74 Å². The summed E-state index contributed by atoms with van der Waals surface area (Å²) in [5.74, 6) is 0.0373. The van der Waals surface area contributed by atoms with Crippen LogP contribution in [0.2, 0.25) is 5.02 Å². The maximum absolute atomic E-state index is 12.0. The van der Waals surface area contributed by atoms with Crippen molar-refractivity contribution in [2.45, 2.75) is 13.3 Å². The fourth-order valence-electron chi connectivity index (χ4n) is 1.92. The zero-order chi connectivity index (χ0) is 18.2. The number of hydrogen-bond donors (Lipinski definition) is 1. The number of non-ortho nitro benzene ring substituents is 1.